The summed E-state index contributed by atoms with van der Waals surface area (Å²) in [6.07, 6.45) is 0.157. The summed E-state index contributed by atoms with van der Waals surface area (Å²) in [6, 6.07) is 6.00. The summed E-state index contributed by atoms with van der Waals surface area (Å²) in [6.45, 7) is 3.57. The van der Waals surface area contributed by atoms with Crippen LogP contribution in [0.1, 0.15) is 12.5 Å². The first-order valence-electron chi connectivity index (χ1n) is 7.06. The molecule has 0 saturated carbocycles. The zero-order valence-electron chi connectivity index (χ0n) is 12.0. The first-order chi connectivity index (χ1) is 10.1. The molecule has 1 amide bonds. The number of carbonyl (C=O) groups excluding carboxylic acids is 2. The summed E-state index contributed by atoms with van der Waals surface area (Å²) < 4.78 is 5.02. The number of benzene rings is 1. The third-order valence-electron chi connectivity index (χ3n) is 3.39. The Balaban J connectivity index is 2.06. The molecule has 0 bridgehead atoms. The highest BCUT2D eigenvalue weighted by Gasteiger charge is 2.32. The number of phenolic OH excluding ortho intramolecular Hbond substituents is 1. The molecule has 0 radical (unpaired) electrons. The van der Waals surface area contributed by atoms with Crippen LogP contribution in [0.5, 0.6) is 5.75 Å². The van der Waals surface area contributed by atoms with E-state index in [1.54, 1.807) is 36.1 Å². The molecule has 1 aromatic carbocycles. The minimum atomic E-state index is -0.580. The van der Waals surface area contributed by atoms with Crippen LogP contribution in [-0.2, 0) is 20.7 Å². The second-order valence-electron chi connectivity index (χ2n) is 4.91. The summed E-state index contributed by atoms with van der Waals surface area (Å²) in [4.78, 5) is 25.9. The third-order valence-corrected chi connectivity index (χ3v) is 3.39. The molecule has 1 fully saturated rings. The highest BCUT2D eigenvalue weighted by atomic mass is 16.5. The lowest BCUT2D eigenvalue weighted by Gasteiger charge is -2.34. The van der Waals surface area contributed by atoms with Gasteiger partial charge in [-0.3, -0.25) is 4.79 Å². The van der Waals surface area contributed by atoms with Gasteiger partial charge in [0.15, 0.2) is 0 Å². The number of rotatable bonds is 4. The molecule has 1 saturated heterocycles. The van der Waals surface area contributed by atoms with Gasteiger partial charge in [0.1, 0.15) is 11.8 Å². The maximum absolute atomic E-state index is 12.4. The lowest BCUT2D eigenvalue weighted by atomic mass is 10.1. The molecule has 114 valence electrons. The van der Waals surface area contributed by atoms with Gasteiger partial charge in [0.25, 0.3) is 0 Å². The van der Waals surface area contributed by atoms with Crippen molar-refractivity contribution in [2.75, 3.05) is 26.2 Å². The van der Waals surface area contributed by atoms with E-state index in [0.29, 0.717) is 26.2 Å². The fourth-order valence-electron chi connectivity index (χ4n) is 2.39. The zero-order valence-corrected chi connectivity index (χ0v) is 12.0. The van der Waals surface area contributed by atoms with Crippen LogP contribution < -0.4 is 5.32 Å². The van der Waals surface area contributed by atoms with Crippen molar-refractivity contribution in [1.29, 1.82) is 0 Å². The van der Waals surface area contributed by atoms with Crippen molar-refractivity contribution >= 4 is 11.9 Å². The lowest BCUT2D eigenvalue weighted by Crippen LogP contribution is -2.57. The number of hydrogen-bond donors (Lipinski definition) is 2. The fourth-order valence-corrected chi connectivity index (χ4v) is 2.39. The van der Waals surface area contributed by atoms with E-state index < -0.39 is 6.04 Å². The van der Waals surface area contributed by atoms with E-state index in [0.717, 1.165) is 5.56 Å². The molecule has 2 rings (SSSR count). The van der Waals surface area contributed by atoms with Gasteiger partial charge in [-0.05, 0) is 24.6 Å². The number of aromatic hydroxyl groups is 1. The van der Waals surface area contributed by atoms with E-state index in [1.165, 1.54) is 0 Å². The number of phenols is 1. The van der Waals surface area contributed by atoms with Crippen LogP contribution in [0.2, 0.25) is 0 Å². The summed E-state index contributed by atoms with van der Waals surface area (Å²) in [5, 5.41) is 12.5. The van der Waals surface area contributed by atoms with Crippen LogP contribution in [0.4, 0.5) is 0 Å². The highest BCUT2D eigenvalue weighted by molar-refractivity contribution is 5.86. The van der Waals surface area contributed by atoms with Gasteiger partial charge in [0, 0.05) is 19.6 Å². The van der Waals surface area contributed by atoms with Crippen molar-refractivity contribution in [2.45, 2.75) is 19.4 Å². The number of hydrogen-bond acceptors (Lipinski definition) is 5. The number of nitrogens with zero attached hydrogens (tertiary/aromatic N) is 1. The molecule has 1 heterocycles. The van der Waals surface area contributed by atoms with E-state index in [4.69, 9.17) is 4.74 Å². The van der Waals surface area contributed by atoms with Crippen molar-refractivity contribution in [3.05, 3.63) is 29.8 Å². The number of amides is 1. The summed E-state index contributed by atoms with van der Waals surface area (Å²) in [5.41, 5.74) is 0.723. The second-order valence-corrected chi connectivity index (χ2v) is 4.91. The zero-order chi connectivity index (χ0) is 15.2. The standard InChI is InChI=1S/C15H20N2O4/c1-2-21-15(20)13-10-16-6-7-17(13)14(19)9-11-4-3-5-12(18)8-11/h3-5,8,13,16,18H,2,6-7,9-10H2,1H3. The molecule has 6 heteroatoms. The molecular weight excluding hydrogens is 272 g/mol. The van der Waals surface area contributed by atoms with Gasteiger partial charge in [-0.25, -0.2) is 4.79 Å². The van der Waals surface area contributed by atoms with E-state index >= 15 is 0 Å². The van der Waals surface area contributed by atoms with E-state index in [9.17, 15) is 14.7 Å². The Morgan fingerprint density at radius 3 is 3.00 bits per heavy atom. The molecule has 0 aromatic heterocycles. The summed E-state index contributed by atoms with van der Waals surface area (Å²) in [7, 11) is 0. The Morgan fingerprint density at radius 1 is 1.48 bits per heavy atom. The minimum Gasteiger partial charge on any atom is -0.508 e. The fraction of sp³-hybridized carbons (Fsp3) is 0.467. The molecule has 0 aliphatic carbocycles. The number of esters is 1. The van der Waals surface area contributed by atoms with Crippen LogP contribution in [0.3, 0.4) is 0 Å². The molecule has 2 N–H and O–H groups in total. The average molecular weight is 292 g/mol. The average Bonchev–Trinajstić information content (AvgIpc) is 2.47. The molecule has 21 heavy (non-hydrogen) atoms. The normalized spacial score (nSPS) is 18.3. The van der Waals surface area contributed by atoms with Crippen molar-refractivity contribution in [1.82, 2.24) is 10.2 Å². The molecule has 0 spiro atoms. The summed E-state index contributed by atoms with van der Waals surface area (Å²) in [5.74, 6) is -0.392. The number of nitrogens with one attached hydrogen (secondary N) is 1. The predicted molar refractivity (Wildman–Crippen MR) is 76.8 cm³/mol. The van der Waals surface area contributed by atoms with Crippen LogP contribution in [0.25, 0.3) is 0 Å². The molecule has 1 atom stereocenters. The minimum absolute atomic E-state index is 0.127. The van der Waals surface area contributed by atoms with E-state index in [-0.39, 0.29) is 24.0 Å². The van der Waals surface area contributed by atoms with Crippen LogP contribution in [0.15, 0.2) is 24.3 Å². The van der Waals surface area contributed by atoms with E-state index in [2.05, 4.69) is 5.32 Å². The Morgan fingerprint density at radius 2 is 2.29 bits per heavy atom. The van der Waals surface area contributed by atoms with Gasteiger partial charge >= 0.3 is 5.97 Å². The maximum Gasteiger partial charge on any atom is 0.330 e. The molecule has 6 nitrogen and oxygen atoms in total. The molecular formula is C15H20N2O4. The largest absolute Gasteiger partial charge is 0.508 e. The van der Waals surface area contributed by atoms with Crippen molar-refractivity contribution < 1.29 is 19.4 Å². The Hall–Kier alpha value is -2.08. The Labute approximate surface area is 123 Å². The topological polar surface area (TPSA) is 78.9 Å². The maximum atomic E-state index is 12.4. The quantitative estimate of drug-likeness (QED) is 0.780. The van der Waals surface area contributed by atoms with Crippen molar-refractivity contribution in [3.63, 3.8) is 0 Å². The number of carbonyl (C=O) groups is 2. The third kappa shape index (κ3) is 3.95. The molecule has 1 aromatic rings. The van der Waals surface area contributed by atoms with Crippen molar-refractivity contribution in [3.8, 4) is 5.75 Å². The van der Waals surface area contributed by atoms with Gasteiger partial charge in [0.2, 0.25) is 5.91 Å². The number of ether oxygens (including phenoxy) is 1. The molecule has 1 aliphatic heterocycles. The molecule has 1 aliphatic rings. The van der Waals surface area contributed by atoms with Gasteiger partial charge in [0.05, 0.1) is 13.0 Å². The lowest BCUT2D eigenvalue weighted by molar-refractivity contribution is -0.155. The smallest absolute Gasteiger partial charge is 0.330 e. The van der Waals surface area contributed by atoms with Crippen molar-refractivity contribution in [2.24, 2.45) is 0 Å². The Bertz CT molecular complexity index is 518. The van der Waals surface area contributed by atoms with Crippen LogP contribution >= 0.6 is 0 Å². The van der Waals surface area contributed by atoms with E-state index in [1.807, 2.05) is 0 Å². The monoisotopic (exact) mass is 292 g/mol. The highest BCUT2D eigenvalue weighted by Crippen LogP contribution is 2.14. The molecule has 1 unspecified atom stereocenters. The first kappa shape index (κ1) is 15.3. The first-order valence-corrected chi connectivity index (χ1v) is 7.06. The Kier molecular flexibility index (Phi) is 5.16. The van der Waals surface area contributed by atoms with Crippen LogP contribution in [-0.4, -0.2) is 54.2 Å². The van der Waals surface area contributed by atoms with Gasteiger partial charge in [-0.15, -0.1) is 0 Å². The summed E-state index contributed by atoms with van der Waals surface area (Å²) >= 11 is 0. The number of piperazine rings is 1. The predicted octanol–water partition coefficient (Wildman–Crippen LogP) is 0.298. The van der Waals surface area contributed by atoms with Gasteiger partial charge in [-0.2, -0.15) is 0 Å². The van der Waals surface area contributed by atoms with Gasteiger partial charge in [-0.1, -0.05) is 12.1 Å². The van der Waals surface area contributed by atoms with Gasteiger partial charge < -0.3 is 20.1 Å². The SMILES string of the molecule is CCOC(=O)C1CNCCN1C(=O)Cc1cccc(O)c1. The second kappa shape index (κ2) is 7.08. The van der Waals surface area contributed by atoms with Crippen LogP contribution in [0, 0.1) is 0 Å².